The molecule has 0 aromatic heterocycles. The normalized spacial score (nSPS) is 23.1. The van der Waals surface area contributed by atoms with Crippen molar-refractivity contribution in [2.45, 2.75) is 39.7 Å². The van der Waals surface area contributed by atoms with Gasteiger partial charge >= 0.3 is 0 Å². The van der Waals surface area contributed by atoms with Gasteiger partial charge in [0.15, 0.2) is 5.54 Å². The van der Waals surface area contributed by atoms with Crippen LogP contribution in [0.3, 0.4) is 0 Å². The molecule has 0 fully saturated rings. The van der Waals surface area contributed by atoms with Crippen LogP contribution in [0, 0.1) is 5.92 Å². The van der Waals surface area contributed by atoms with Gasteiger partial charge in [0.25, 0.3) is 5.91 Å². The lowest BCUT2D eigenvalue weighted by molar-refractivity contribution is -0.131. The molecule has 0 bridgehead atoms. The van der Waals surface area contributed by atoms with Crippen LogP contribution in [-0.2, 0) is 10.3 Å². The number of carbonyl (C=O) groups excluding carboxylic acids is 1. The Morgan fingerprint density at radius 3 is 2.42 bits per heavy atom. The molecule has 0 aliphatic carbocycles. The Kier molecular flexibility index (Phi) is 3.74. The van der Waals surface area contributed by atoms with Crippen LogP contribution in [0.4, 0.5) is 0 Å². The SMILES string of the molecule is CCCN1C(=O)C(C)(c2ccccc2)N=C1C(C)C. The Hall–Kier alpha value is -1.64. The molecular weight excluding hydrogens is 236 g/mol. The van der Waals surface area contributed by atoms with Crippen molar-refractivity contribution in [3.8, 4) is 0 Å². The fourth-order valence-corrected chi connectivity index (χ4v) is 2.54. The molecule has 0 saturated heterocycles. The molecule has 0 radical (unpaired) electrons. The minimum absolute atomic E-state index is 0.101. The molecule has 19 heavy (non-hydrogen) atoms. The topological polar surface area (TPSA) is 32.7 Å². The summed E-state index contributed by atoms with van der Waals surface area (Å²) in [7, 11) is 0. The van der Waals surface area contributed by atoms with Gasteiger partial charge in [-0.25, -0.2) is 0 Å². The van der Waals surface area contributed by atoms with E-state index >= 15 is 0 Å². The number of nitrogens with zero attached hydrogens (tertiary/aromatic N) is 2. The van der Waals surface area contributed by atoms with Crippen LogP contribution in [0.15, 0.2) is 35.3 Å². The van der Waals surface area contributed by atoms with Crippen molar-refractivity contribution in [1.29, 1.82) is 0 Å². The summed E-state index contributed by atoms with van der Waals surface area (Å²) < 4.78 is 0. The number of aliphatic imine (C=N–C) groups is 1. The van der Waals surface area contributed by atoms with E-state index in [1.807, 2.05) is 42.2 Å². The number of carbonyl (C=O) groups is 1. The highest BCUT2D eigenvalue weighted by Gasteiger charge is 2.45. The number of rotatable bonds is 4. The summed E-state index contributed by atoms with van der Waals surface area (Å²) in [4.78, 5) is 19.4. The number of hydrogen-bond donors (Lipinski definition) is 0. The number of amidine groups is 1. The Bertz CT molecular complexity index is 493. The number of benzene rings is 1. The number of amides is 1. The second-order valence-electron chi connectivity index (χ2n) is 5.52. The number of hydrogen-bond acceptors (Lipinski definition) is 2. The highest BCUT2D eigenvalue weighted by Crippen LogP contribution is 2.34. The maximum atomic E-state index is 12.7. The van der Waals surface area contributed by atoms with E-state index in [1.165, 1.54) is 0 Å². The Balaban J connectivity index is 2.45. The van der Waals surface area contributed by atoms with E-state index in [0.29, 0.717) is 0 Å². The second kappa shape index (κ2) is 5.16. The van der Waals surface area contributed by atoms with Gasteiger partial charge in [-0.15, -0.1) is 0 Å². The summed E-state index contributed by atoms with van der Waals surface area (Å²) in [6.45, 7) is 8.93. The van der Waals surface area contributed by atoms with Gasteiger partial charge in [0.1, 0.15) is 5.84 Å². The Morgan fingerprint density at radius 1 is 1.26 bits per heavy atom. The molecule has 3 nitrogen and oxygen atoms in total. The highest BCUT2D eigenvalue weighted by molar-refractivity contribution is 6.09. The zero-order chi connectivity index (χ0) is 14.0. The monoisotopic (exact) mass is 258 g/mol. The molecule has 1 heterocycles. The molecule has 102 valence electrons. The van der Waals surface area contributed by atoms with Crippen molar-refractivity contribution in [2.75, 3.05) is 6.54 Å². The van der Waals surface area contributed by atoms with Gasteiger partial charge in [-0.2, -0.15) is 0 Å². The largest absolute Gasteiger partial charge is 0.298 e. The minimum atomic E-state index is -0.754. The fraction of sp³-hybridized carbons (Fsp3) is 0.500. The first-order valence-corrected chi connectivity index (χ1v) is 6.98. The third-order valence-electron chi connectivity index (χ3n) is 3.58. The molecule has 3 heteroatoms. The molecule has 1 aromatic carbocycles. The third kappa shape index (κ3) is 2.29. The summed E-state index contributed by atoms with van der Waals surface area (Å²) in [6.07, 6.45) is 0.947. The maximum Gasteiger partial charge on any atom is 0.260 e. The summed E-state index contributed by atoms with van der Waals surface area (Å²) >= 11 is 0. The zero-order valence-electron chi connectivity index (χ0n) is 12.2. The van der Waals surface area contributed by atoms with Crippen molar-refractivity contribution in [3.63, 3.8) is 0 Å². The molecular formula is C16H22N2O. The first kappa shape index (κ1) is 13.8. The third-order valence-corrected chi connectivity index (χ3v) is 3.58. The molecule has 0 spiro atoms. The van der Waals surface area contributed by atoms with Gasteiger partial charge in [0.2, 0.25) is 0 Å². The Labute approximate surface area is 115 Å². The molecule has 1 atom stereocenters. The second-order valence-corrected chi connectivity index (χ2v) is 5.52. The van der Waals surface area contributed by atoms with Crippen LogP contribution in [-0.4, -0.2) is 23.2 Å². The van der Waals surface area contributed by atoms with E-state index in [2.05, 4.69) is 20.8 Å². The summed E-state index contributed by atoms with van der Waals surface area (Å²) in [6, 6.07) is 9.84. The summed E-state index contributed by atoms with van der Waals surface area (Å²) in [5.41, 5.74) is 0.215. The molecule has 2 rings (SSSR count). The van der Waals surface area contributed by atoms with E-state index in [9.17, 15) is 4.79 Å². The lowest BCUT2D eigenvalue weighted by Crippen LogP contribution is -2.41. The summed E-state index contributed by atoms with van der Waals surface area (Å²) in [5.74, 6) is 1.28. The molecule has 1 aliphatic heterocycles. The average molecular weight is 258 g/mol. The molecule has 1 unspecified atom stereocenters. The maximum absolute atomic E-state index is 12.7. The van der Waals surface area contributed by atoms with Crippen molar-refractivity contribution in [1.82, 2.24) is 4.90 Å². The van der Waals surface area contributed by atoms with Crippen LogP contribution < -0.4 is 0 Å². The van der Waals surface area contributed by atoms with Gasteiger partial charge in [-0.1, -0.05) is 51.1 Å². The lowest BCUT2D eigenvalue weighted by Gasteiger charge is -2.23. The predicted molar refractivity (Wildman–Crippen MR) is 78.1 cm³/mol. The van der Waals surface area contributed by atoms with Crippen molar-refractivity contribution < 1.29 is 4.79 Å². The van der Waals surface area contributed by atoms with Gasteiger partial charge in [-0.3, -0.25) is 14.7 Å². The smallest absolute Gasteiger partial charge is 0.260 e. The molecule has 1 amide bonds. The zero-order valence-corrected chi connectivity index (χ0v) is 12.2. The first-order valence-electron chi connectivity index (χ1n) is 6.98. The van der Waals surface area contributed by atoms with E-state index in [0.717, 1.165) is 24.4 Å². The van der Waals surface area contributed by atoms with E-state index in [-0.39, 0.29) is 11.8 Å². The first-order chi connectivity index (χ1) is 9.00. The molecule has 1 aromatic rings. The van der Waals surface area contributed by atoms with Crippen LogP contribution >= 0.6 is 0 Å². The van der Waals surface area contributed by atoms with Gasteiger partial charge < -0.3 is 0 Å². The minimum Gasteiger partial charge on any atom is -0.298 e. The predicted octanol–water partition coefficient (Wildman–Crippen LogP) is 3.21. The molecule has 1 aliphatic rings. The van der Waals surface area contributed by atoms with E-state index in [4.69, 9.17) is 4.99 Å². The van der Waals surface area contributed by atoms with Crippen LogP contribution in [0.1, 0.15) is 39.7 Å². The lowest BCUT2D eigenvalue weighted by atomic mass is 9.92. The highest BCUT2D eigenvalue weighted by atomic mass is 16.2. The van der Waals surface area contributed by atoms with Gasteiger partial charge in [-0.05, 0) is 18.9 Å². The van der Waals surface area contributed by atoms with Crippen molar-refractivity contribution in [3.05, 3.63) is 35.9 Å². The fourth-order valence-electron chi connectivity index (χ4n) is 2.54. The van der Waals surface area contributed by atoms with E-state index < -0.39 is 5.54 Å². The van der Waals surface area contributed by atoms with Crippen LogP contribution in [0.25, 0.3) is 0 Å². The summed E-state index contributed by atoms with van der Waals surface area (Å²) in [5, 5.41) is 0. The van der Waals surface area contributed by atoms with Crippen molar-refractivity contribution >= 4 is 11.7 Å². The van der Waals surface area contributed by atoms with Gasteiger partial charge in [0.05, 0.1) is 0 Å². The van der Waals surface area contributed by atoms with Gasteiger partial charge in [0, 0.05) is 12.5 Å². The van der Waals surface area contributed by atoms with Crippen LogP contribution in [0.5, 0.6) is 0 Å². The van der Waals surface area contributed by atoms with Crippen molar-refractivity contribution in [2.24, 2.45) is 10.9 Å². The quantitative estimate of drug-likeness (QED) is 0.816. The molecule has 0 N–H and O–H groups in total. The Morgan fingerprint density at radius 2 is 1.89 bits per heavy atom. The van der Waals surface area contributed by atoms with Crippen LogP contribution in [0.2, 0.25) is 0 Å². The van der Waals surface area contributed by atoms with E-state index in [1.54, 1.807) is 0 Å². The molecule has 0 saturated carbocycles. The standard InChI is InChI=1S/C16H22N2O/c1-5-11-18-14(12(2)3)17-16(4,15(18)19)13-9-7-6-8-10-13/h6-10,12H,5,11H2,1-4H3. The average Bonchev–Trinajstić information content (AvgIpc) is 2.67.